The predicted molar refractivity (Wildman–Crippen MR) is 117 cm³/mol. The number of hydrogen-bond acceptors (Lipinski definition) is 5. The molecule has 2 aromatic carbocycles. The van der Waals surface area contributed by atoms with Gasteiger partial charge in [0.05, 0.1) is 24.2 Å². The molecule has 3 amide bonds. The van der Waals surface area contributed by atoms with Crippen molar-refractivity contribution in [3.8, 4) is 0 Å². The van der Waals surface area contributed by atoms with Crippen LogP contribution in [0.15, 0.2) is 71.3 Å². The van der Waals surface area contributed by atoms with Crippen LogP contribution in [0.2, 0.25) is 0 Å². The first-order chi connectivity index (χ1) is 15.5. The minimum Gasteiger partial charge on any atom is -0.467 e. The zero-order chi connectivity index (χ0) is 22.3. The number of nitrogens with one attached hydrogen (secondary N) is 1. The van der Waals surface area contributed by atoms with E-state index in [4.69, 9.17) is 4.42 Å². The summed E-state index contributed by atoms with van der Waals surface area (Å²) in [7, 11) is 0. The van der Waals surface area contributed by atoms with Crippen LogP contribution in [0, 0.1) is 5.82 Å². The van der Waals surface area contributed by atoms with Crippen molar-refractivity contribution in [3.63, 3.8) is 0 Å². The number of thioether (sulfide) groups is 1. The van der Waals surface area contributed by atoms with E-state index in [9.17, 15) is 18.8 Å². The minimum atomic E-state index is -1.34. The molecule has 0 saturated carbocycles. The van der Waals surface area contributed by atoms with Gasteiger partial charge in [-0.3, -0.25) is 24.2 Å². The van der Waals surface area contributed by atoms with E-state index >= 15 is 0 Å². The van der Waals surface area contributed by atoms with E-state index in [0.717, 1.165) is 0 Å². The lowest BCUT2D eigenvalue weighted by atomic mass is 10.0. The maximum atomic E-state index is 13.8. The first kappa shape index (κ1) is 20.3. The van der Waals surface area contributed by atoms with Crippen molar-refractivity contribution >= 4 is 40.9 Å². The van der Waals surface area contributed by atoms with Gasteiger partial charge in [-0.1, -0.05) is 18.2 Å². The average molecular weight is 451 g/mol. The molecule has 7 nitrogen and oxygen atoms in total. The fourth-order valence-electron chi connectivity index (χ4n) is 4.10. The van der Waals surface area contributed by atoms with Crippen molar-refractivity contribution in [2.75, 3.05) is 22.1 Å². The van der Waals surface area contributed by atoms with E-state index in [1.54, 1.807) is 36.4 Å². The first-order valence-electron chi connectivity index (χ1n) is 9.94. The first-order valence-corrected chi connectivity index (χ1v) is 10.9. The number of hydrogen-bond donors (Lipinski definition) is 1. The third-order valence-corrected chi connectivity index (χ3v) is 6.88. The fraction of sp³-hybridized carbons (Fsp3) is 0.174. The van der Waals surface area contributed by atoms with Crippen molar-refractivity contribution in [1.29, 1.82) is 0 Å². The molecule has 1 saturated heterocycles. The standard InChI is InChI=1S/C23H18FN3O4S/c24-15-7-9-16(10-8-15)27-21(29)14-32-23(27)18-5-1-2-6-19(18)26(22(23)30)13-20(28)25-12-17-4-3-11-31-17/h1-11H,12-14H2,(H,25,28)/t23-/m0/s1. The largest absolute Gasteiger partial charge is 0.467 e. The Bertz CT molecular complexity index is 1200. The molecule has 5 rings (SSSR count). The summed E-state index contributed by atoms with van der Waals surface area (Å²) in [5.74, 6) is -0.738. The van der Waals surface area contributed by atoms with Crippen molar-refractivity contribution < 1.29 is 23.2 Å². The summed E-state index contributed by atoms with van der Waals surface area (Å²) in [5, 5.41) is 2.74. The highest BCUT2D eigenvalue weighted by Gasteiger charge is 2.61. The highest BCUT2D eigenvalue weighted by molar-refractivity contribution is 8.02. The Morgan fingerprint density at radius 3 is 2.62 bits per heavy atom. The van der Waals surface area contributed by atoms with Gasteiger partial charge in [0, 0.05) is 11.3 Å². The molecular formula is C23H18FN3O4S. The van der Waals surface area contributed by atoms with Crippen molar-refractivity contribution in [2.45, 2.75) is 11.4 Å². The van der Waals surface area contributed by atoms with Crippen LogP contribution < -0.4 is 15.1 Å². The van der Waals surface area contributed by atoms with Crippen molar-refractivity contribution in [2.24, 2.45) is 0 Å². The van der Waals surface area contributed by atoms with Crippen LogP contribution in [-0.4, -0.2) is 30.0 Å². The number of nitrogens with zero attached hydrogens (tertiary/aromatic N) is 2. The van der Waals surface area contributed by atoms with Crippen LogP contribution in [0.3, 0.4) is 0 Å². The molecule has 1 spiro atoms. The van der Waals surface area contributed by atoms with Crippen LogP contribution in [0.25, 0.3) is 0 Å². The van der Waals surface area contributed by atoms with E-state index < -0.39 is 10.7 Å². The van der Waals surface area contributed by atoms with Crippen LogP contribution in [0.5, 0.6) is 0 Å². The van der Waals surface area contributed by atoms with Crippen molar-refractivity contribution in [3.05, 3.63) is 84.1 Å². The number of furan rings is 1. The second-order valence-electron chi connectivity index (χ2n) is 7.40. The summed E-state index contributed by atoms with van der Waals surface area (Å²) >= 11 is 1.21. The van der Waals surface area contributed by atoms with Gasteiger partial charge in [-0.25, -0.2) is 4.39 Å². The summed E-state index contributed by atoms with van der Waals surface area (Å²) in [5.41, 5.74) is 1.62. The third-order valence-electron chi connectivity index (χ3n) is 5.49. The lowest BCUT2D eigenvalue weighted by Crippen LogP contribution is -2.51. The molecule has 3 aromatic rings. The second kappa shape index (κ2) is 7.83. The Morgan fingerprint density at radius 2 is 1.88 bits per heavy atom. The topological polar surface area (TPSA) is 82.9 Å². The van der Waals surface area contributed by atoms with Gasteiger partial charge < -0.3 is 9.73 Å². The molecule has 1 aromatic heterocycles. The molecule has 162 valence electrons. The van der Waals surface area contributed by atoms with Crippen molar-refractivity contribution in [1.82, 2.24) is 5.32 Å². The Labute approximate surface area is 187 Å². The molecule has 0 unspecified atom stereocenters. The molecule has 0 aliphatic carbocycles. The van der Waals surface area contributed by atoms with E-state index in [1.165, 1.54) is 52.1 Å². The number of carbonyl (C=O) groups is 3. The highest BCUT2D eigenvalue weighted by Crippen LogP contribution is 2.55. The van der Waals surface area contributed by atoms with E-state index in [1.807, 2.05) is 0 Å². The monoisotopic (exact) mass is 451 g/mol. The summed E-state index contributed by atoms with van der Waals surface area (Å²) in [6.45, 7) is -0.0000919. The zero-order valence-corrected chi connectivity index (χ0v) is 17.6. The Kier molecular flexibility index (Phi) is 4.97. The third kappa shape index (κ3) is 3.16. The lowest BCUT2D eigenvalue weighted by Gasteiger charge is -2.33. The van der Waals surface area contributed by atoms with Gasteiger partial charge >= 0.3 is 0 Å². The molecule has 0 radical (unpaired) electrons. The quantitative estimate of drug-likeness (QED) is 0.645. The molecule has 1 N–H and O–H groups in total. The van der Waals surface area contributed by atoms with Crippen LogP contribution >= 0.6 is 11.8 Å². The van der Waals surface area contributed by atoms with Crippen LogP contribution in [-0.2, 0) is 25.8 Å². The Hall–Kier alpha value is -3.59. The fourth-order valence-corrected chi connectivity index (χ4v) is 5.46. The number of rotatable bonds is 5. The number of benzene rings is 2. The van der Waals surface area contributed by atoms with Gasteiger partial charge in [-0.05, 0) is 42.5 Å². The number of fused-ring (bicyclic) bond motifs is 2. The number of amides is 3. The van der Waals surface area contributed by atoms with E-state index in [-0.39, 0.29) is 36.6 Å². The molecule has 9 heteroatoms. The van der Waals surface area contributed by atoms with Gasteiger partial charge in [-0.15, -0.1) is 11.8 Å². The summed E-state index contributed by atoms with van der Waals surface area (Å²) < 4.78 is 18.7. The second-order valence-corrected chi connectivity index (χ2v) is 8.57. The number of carbonyl (C=O) groups excluding carboxylic acids is 3. The van der Waals surface area contributed by atoms with Crippen LogP contribution in [0.1, 0.15) is 11.3 Å². The van der Waals surface area contributed by atoms with Gasteiger partial charge in [0.2, 0.25) is 16.7 Å². The lowest BCUT2D eigenvalue weighted by molar-refractivity contribution is -0.125. The summed E-state index contributed by atoms with van der Waals surface area (Å²) in [6, 6.07) is 16.1. The number of para-hydroxylation sites is 1. The predicted octanol–water partition coefficient (Wildman–Crippen LogP) is 3.01. The maximum absolute atomic E-state index is 13.8. The Balaban J connectivity index is 1.48. The zero-order valence-electron chi connectivity index (χ0n) is 16.8. The summed E-state index contributed by atoms with van der Waals surface area (Å²) in [4.78, 5) is 40.8. The molecule has 0 bridgehead atoms. The van der Waals surface area contributed by atoms with Gasteiger partial charge in [0.15, 0.2) is 0 Å². The van der Waals surface area contributed by atoms with E-state index in [2.05, 4.69) is 5.32 Å². The van der Waals surface area contributed by atoms with Gasteiger partial charge in [0.25, 0.3) is 5.91 Å². The van der Waals surface area contributed by atoms with E-state index in [0.29, 0.717) is 22.7 Å². The minimum absolute atomic E-state index is 0.0932. The summed E-state index contributed by atoms with van der Waals surface area (Å²) in [6.07, 6.45) is 1.52. The molecule has 32 heavy (non-hydrogen) atoms. The molecule has 2 aliphatic heterocycles. The SMILES string of the molecule is O=C(CN1C(=O)[C@@]2(SCC(=O)N2c2ccc(F)cc2)c2ccccc21)NCc1ccco1. The molecule has 2 aliphatic rings. The molecule has 1 fully saturated rings. The molecular weight excluding hydrogens is 433 g/mol. The van der Waals surface area contributed by atoms with Gasteiger partial charge in [-0.2, -0.15) is 0 Å². The molecule has 3 heterocycles. The molecule has 1 atom stereocenters. The van der Waals surface area contributed by atoms with Gasteiger partial charge in [0.1, 0.15) is 18.1 Å². The number of anilines is 2. The smallest absolute Gasteiger partial charge is 0.269 e. The maximum Gasteiger partial charge on any atom is 0.269 e. The highest BCUT2D eigenvalue weighted by atomic mass is 32.2. The van der Waals surface area contributed by atoms with Crippen LogP contribution in [0.4, 0.5) is 15.8 Å². The number of halogens is 1. The Morgan fingerprint density at radius 1 is 1.09 bits per heavy atom. The average Bonchev–Trinajstić information content (AvgIpc) is 3.49. The normalized spacial score (nSPS) is 19.7.